The number of halogens is 2. The number of Topliss-reactive ketones (excluding diaryl/α,β-unsaturated/α-hetero) is 1. The molecule has 184 valence electrons. The third-order valence-electron chi connectivity index (χ3n) is 3.52. The smallest absolute Gasteiger partial charge is 0.313 e. The minimum atomic E-state index is -1.14. The summed E-state index contributed by atoms with van der Waals surface area (Å²) in [4.78, 5) is 55.1. The summed E-state index contributed by atoms with van der Waals surface area (Å²) in [6.07, 6.45) is 2.82. The summed E-state index contributed by atoms with van der Waals surface area (Å²) in [5.41, 5.74) is 0.313. The fourth-order valence-corrected chi connectivity index (χ4v) is 2.33. The zero-order chi connectivity index (χ0) is 24.1. The maximum absolute atomic E-state index is 13.5. The van der Waals surface area contributed by atoms with Gasteiger partial charge in [-0.3, -0.25) is 19.2 Å². The molecule has 9 nitrogen and oxygen atoms in total. The molecule has 0 fully saturated rings. The van der Waals surface area contributed by atoms with Gasteiger partial charge in [-0.05, 0) is 24.5 Å². The van der Waals surface area contributed by atoms with Crippen molar-refractivity contribution in [3.63, 3.8) is 0 Å². The second kappa shape index (κ2) is 16.1. The number of amides is 3. The summed E-state index contributed by atoms with van der Waals surface area (Å²) in [7, 11) is 0. The Morgan fingerprint density at radius 1 is 1.12 bits per heavy atom. The summed E-state index contributed by atoms with van der Waals surface area (Å²) in [6, 6.07) is 4.35. The van der Waals surface area contributed by atoms with Gasteiger partial charge in [0.25, 0.3) is 0 Å². The number of anilines is 1. The van der Waals surface area contributed by atoms with Crippen molar-refractivity contribution in [1.29, 1.82) is 0 Å². The minimum Gasteiger partial charge on any atom is -0.450 e. The quantitative estimate of drug-likeness (QED) is 0.249. The molecule has 0 saturated carbocycles. The second-order valence-corrected chi connectivity index (χ2v) is 7.55. The number of carbonyl (C=O) groups excluding carboxylic acids is 4. The van der Waals surface area contributed by atoms with E-state index in [1.54, 1.807) is 0 Å². The van der Waals surface area contributed by atoms with Crippen LogP contribution in [-0.2, 0) is 46.0 Å². The van der Waals surface area contributed by atoms with E-state index in [-0.39, 0.29) is 38.4 Å². The van der Waals surface area contributed by atoms with E-state index in [4.69, 9.17) is 11.6 Å². The Labute approximate surface area is 210 Å². The van der Waals surface area contributed by atoms with Crippen LogP contribution in [-0.4, -0.2) is 47.0 Å². The Balaban J connectivity index is 0.00000189. The third kappa shape index (κ3) is 12.3. The number of carbonyl (C=O) groups is 4. The first-order chi connectivity index (χ1) is 15.1. The molecular formula is C21H26ClFN5O4Pd-. The van der Waals surface area contributed by atoms with Gasteiger partial charge < -0.3 is 25.9 Å². The van der Waals surface area contributed by atoms with Crippen LogP contribution in [0.15, 0.2) is 36.8 Å². The number of hydrogen-bond donors (Lipinski definition) is 3. The van der Waals surface area contributed by atoms with Gasteiger partial charge in [0.1, 0.15) is 5.82 Å². The fraction of sp³-hybridized carbons (Fsp3) is 0.381. The summed E-state index contributed by atoms with van der Waals surface area (Å²) in [5.74, 6) is -3.63. The standard InChI is InChI=1S/C17H17ClFN5O4.C4H10.Pd/c18-6-14(25)13(5-10-7-20-9-22-10)23-15(26)8-21-16(27)17(28)24-12-4-2-1-3-11(12)19;1-4(2)3;/h1-4,7,9,13H,5-6,8H2,(H4,20,21,22,23,24,26,27,28);4H,1-3H3;/p-1. The van der Waals surface area contributed by atoms with E-state index in [2.05, 4.69) is 46.7 Å². The molecule has 3 amide bonds. The van der Waals surface area contributed by atoms with Gasteiger partial charge in [-0.15, -0.1) is 11.6 Å². The molecule has 0 aliphatic rings. The zero-order valence-electron chi connectivity index (χ0n) is 18.3. The van der Waals surface area contributed by atoms with Crippen molar-refractivity contribution in [2.45, 2.75) is 33.2 Å². The number of aromatic nitrogens is 2. The van der Waals surface area contributed by atoms with E-state index in [9.17, 15) is 23.6 Å². The van der Waals surface area contributed by atoms with Gasteiger partial charge in [-0.1, -0.05) is 51.1 Å². The molecule has 1 atom stereocenters. The van der Waals surface area contributed by atoms with Crippen molar-refractivity contribution in [2.75, 3.05) is 17.7 Å². The number of alkyl halides is 1. The van der Waals surface area contributed by atoms with Gasteiger partial charge >= 0.3 is 11.8 Å². The molecule has 1 heterocycles. The van der Waals surface area contributed by atoms with Crippen molar-refractivity contribution in [3.8, 4) is 0 Å². The van der Waals surface area contributed by atoms with Crippen LogP contribution in [0.1, 0.15) is 26.5 Å². The van der Waals surface area contributed by atoms with Crippen molar-refractivity contribution in [2.24, 2.45) is 5.92 Å². The summed E-state index contributed by atoms with van der Waals surface area (Å²) in [5, 5.41) is 6.58. The molecule has 1 aromatic heterocycles. The molecule has 3 N–H and O–H groups in total. The van der Waals surface area contributed by atoms with E-state index in [1.807, 2.05) is 0 Å². The number of nitrogens with zero attached hydrogens (tertiary/aromatic N) is 2. The summed E-state index contributed by atoms with van der Waals surface area (Å²) < 4.78 is 13.5. The predicted molar refractivity (Wildman–Crippen MR) is 117 cm³/mol. The topological polar surface area (TPSA) is 131 Å². The molecule has 33 heavy (non-hydrogen) atoms. The Bertz CT molecular complexity index is 909. The predicted octanol–water partition coefficient (Wildman–Crippen LogP) is 1.43. The first-order valence-corrected chi connectivity index (χ1v) is 10.3. The number of hydrogen-bond acceptors (Lipinski definition) is 5. The molecule has 2 rings (SSSR count). The number of benzene rings is 1. The Kier molecular flexibility index (Phi) is 14.8. The van der Waals surface area contributed by atoms with Crippen LogP contribution < -0.4 is 20.9 Å². The molecule has 2 aromatic rings. The number of imidazole rings is 1. The van der Waals surface area contributed by atoms with E-state index in [0.717, 1.165) is 12.0 Å². The summed E-state index contributed by atoms with van der Waals surface area (Å²) in [6.45, 7) is 5.93. The minimum absolute atomic E-state index is 0. The SMILES string of the molecule is CC(C)C.O=C(CNC(=O)C(=O)Nc1ccccc1F)NC(Cc1cnc[n-]1)C(=O)CCl.[Pd]. The molecule has 0 aliphatic heterocycles. The van der Waals surface area contributed by atoms with E-state index in [0.29, 0.717) is 5.69 Å². The van der Waals surface area contributed by atoms with Crippen molar-refractivity contribution in [1.82, 2.24) is 20.6 Å². The zero-order valence-corrected chi connectivity index (χ0v) is 20.7. The van der Waals surface area contributed by atoms with Crippen LogP contribution >= 0.6 is 11.6 Å². The maximum atomic E-state index is 13.5. The Hall–Kier alpha value is -2.61. The largest absolute Gasteiger partial charge is 0.450 e. The monoisotopic (exact) mass is 572 g/mol. The number of para-hydroxylation sites is 1. The van der Waals surface area contributed by atoms with Crippen LogP contribution in [0.25, 0.3) is 0 Å². The van der Waals surface area contributed by atoms with E-state index < -0.39 is 41.9 Å². The van der Waals surface area contributed by atoms with Gasteiger partial charge in [0.2, 0.25) is 5.91 Å². The average Bonchev–Trinajstić information content (AvgIpc) is 3.25. The van der Waals surface area contributed by atoms with Crippen LogP contribution in [0.5, 0.6) is 0 Å². The molecule has 12 heteroatoms. The van der Waals surface area contributed by atoms with Gasteiger partial charge in [-0.2, -0.15) is 0 Å². The number of rotatable bonds is 8. The van der Waals surface area contributed by atoms with Crippen LogP contribution in [0.2, 0.25) is 0 Å². The Morgan fingerprint density at radius 3 is 2.30 bits per heavy atom. The third-order valence-corrected chi connectivity index (χ3v) is 3.78. The fourth-order valence-electron chi connectivity index (χ4n) is 2.14. The molecule has 0 spiro atoms. The van der Waals surface area contributed by atoms with Crippen molar-refractivity contribution in [3.05, 3.63) is 48.3 Å². The number of ketones is 1. The van der Waals surface area contributed by atoms with Crippen LogP contribution in [0.4, 0.5) is 10.1 Å². The molecule has 0 bridgehead atoms. The molecule has 0 radical (unpaired) electrons. The van der Waals surface area contributed by atoms with Gasteiger partial charge in [-0.25, -0.2) is 4.39 Å². The van der Waals surface area contributed by atoms with Crippen molar-refractivity contribution >= 4 is 40.8 Å². The molecule has 0 aliphatic carbocycles. The Morgan fingerprint density at radius 2 is 1.76 bits per heavy atom. The van der Waals surface area contributed by atoms with E-state index >= 15 is 0 Å². The van der Waals surface area contributed by atoms with Gasteiger partial charge in [0.05, 0.1) is 24.2 Å². The van der Waals surface area contributed by atoms with E-state index in [1.165, 1.54) is 30.7 Å². The first kappa shape index (κ1) is 30.4. The molecule has 1 aromatic carbocycles. The summed E-state index contributed by atoms with van der Waals surface area (Å²) >= 11 is 5.54. The van der Waals surface area contributed by atoms with Crippen molar-refractivity contribution < 1.29 is 44.0 Å². The second-order valence-electron chi connectivity index (χ2n) is 7.29. The van der Waals surface area contributed by atoms with Gasteiger partial charge in [0.15, 0.2) is 5.78 Å². The van der Waals surface area contributed by atoms with Gasteiger partial charge in [0, 0.05) is 20.4 Å². The van der Waals surface area contributed by atoms with Crippen LogP contribution in [0, 0.1) is 11.7 Å². The maximum Gasteiger partial charge on any atom is 0.313 e. The average molecular weight is 573 g/mol. The molecule has 0 saturated heterocycles. The molecule has 1 unspecified atom stereocenters. The number of nitrogens with one attached hydrogen (secondary N) is 3. The normalized spacial score (nSPS) is 10.7. The first-order valence-electron chi connectivity index (χ1n) is 9.77. The van der Waals surface area contributed by atoms with Crippen LogP contribution in [0.3, 0.4) is 0 Å². The molecular weight excluding hydrogens is 547 g/mol.